The van der Waals surface area contributed by atoms with Crippen molar-refractivity contribution in [1.82, 2.24) is 0 Å². The van der Waals surface area contributed by atoms with Gasteiger partial charge in [0.1, 0.15) is 16.9 Å². The summed E-state index contributed by atoms with van der Waals surface area (Å²) in [5.74, 6) is 0.434. The first-order valence-electron chi connectivity index (χ1n) is 5.03. The van der Waals surface area contributed by atoms with Crippen LogP contribution in [0, 0.1) is 0 Å². The molecule has 5 heteroatoms. The Bertz CT molecular complexity index is 693. The maximum absolute atomic E-state index is 8.60. The maximum Gasteiger partial charge on any atom is 0.569 e. The molecule has 2 aromatic carbocycles. The van der Waals surface area contributed by atoms with Gasteiger partial charge in [-0.15, -0.1) is 0 Å². The molecule has 0 unspecified atom stereocenters. The van der Waals surface area contributed by atoms with Crippen LogP contribution in [0.3, 0.4) is 0 Å². The summed E-state index contributed by atoms with van der Waals surface area (Å²) in [5, 5.41) is 11.0. The van der Waals surface area contributed by atoms with Crippen LogP contribution < -0.4 is 4.65 Å². The van der Waals surface area contributed by atoms with E-state index in [9.17, 15) is 0 Å². The maximum atomic E-state index is 8.60. The molecule has 0 saturated heterocycles. The summed E-state index contributed by atoms with van der Waals surface area (Å²) in [4.78, 5) is 0. The molecule has 1 heterocycles. The molecule has 1 aromatic heterocycles. The van der Waals surface area contributed by atoms with Crippen molar-refractivity contribution in [3.63, 3.8) is 0 Å². The summed E-state index contributed by atoms with van der Waals surface area (Å²) in [6, 6.07) is 11.0. The fraction of sp³-hybridized carbons (Fsp3) is 0. The SMILES string of the molecule is O[B]Oc1cc(Cl)c2c(c1)oc1ccccc12. The normalized spacial score (nSPS) is 10.9. The van der Waals surface area contributed by atoms with Crippen LogP contribution in [0.5, 0.6) is 5.75 Å². The van der Waals surface area contributed by atoms with Crippen LogP contribution in [-0.2, 0) is 0 Å². The average molecular weight is 245 g/mol. The molecule has 3 rings (SSSR count). The second kappa shape index (κ2) is 3.98. The Morgan fingerprint density at radius 1 is 1.18 bits per heavy atom. The first-order valence-corrected chi connectivity index (χ1v) is 5.41. The summed E-state index contributed by atoms with van der Waals surface area (Å²) in [5.41, 5.74) is 1.41. The van der Waals surface area contributed by atoms with E-state index in [2.05, 4.69) is 0 Å². The summed E-state index contributed by atoms with van der Waals surface area (Å²) >= 11 is 6.18. The number of hydrogen-bond acceptors (Lipinski definition) is 3. The minimum atomic E-state index is 0.434. The van der Waals surface area contributed by atoms with Gasteiger partial charge in [-0.3, -0.25) is 0 Å². The van der Waals surface area contributed by atoms with E-state index in [4.69, 9.17) is 25.7 Å². The molecule has 0 aliphatic carbocycles. The molecule has 0 saturated carbocycles. The zero-order chi connectivity index (χ0) is 11.8. The molecule has 3 aromatic rings. The fourth-order valence-corrected chi connectivity index (χ4v) is 2.21. The Kier molecular flexibility index (Phi) is 2.46. The van der Waals surface area contributed by atoms with Gasteiger partial charge in [-0.25, -0.2) is 0 Å². The Labute approximate surface area is 103 Å². The molecule has 17 heavy (non-hydrogen) atoms. The van der Waals surface area contributed by atoms with Crippen molar-refractivity contribution in [1.29, 1.82) is 0 Å². The molecule has 0 amide bonds. The van der Waals surface area contributed by atoms with Crippen LogP contribution in [0.15, 0.2) is 40.8 Å². The topological polar surface area (TPSA) is 42.6 Å². The predicted octanol–water partition coefficient (Wildman–Crippen LogP) is 3.14. The van der Waals surface area contributed by atoms with Crippen molar-refractivity contribution in [3.8, 4) is 5.75 Å². The minimum absolute atomic E-state index is 0.434. The van der Waals surface area contributed by atoms with Crippen molar-refractivity contribution >= 4 is 41.2 Å². The summed E-state index contributed by atoms with van der Waals surface area (Å²) in [6.07, 6.45) is 0. The van der Waals surface area contributed by atoms with Gasteiger partial charge >= 0.3 is 7.69 Å². The Morgan fingerprint density at radius 3 is 2.82 bits per heavy atom. The molecule has 1 N–H and O–H groups in total. The van der Waals surface area contributed by atoms with E-state index in [0.717, 1.165) is 16.4 Å². The van der Waals surface area contributed by atoms with Crippen LogP contribution in [0.1, 0.15) is 0 Å². The molecule has 3 nitrogen and oxygen atoms in total. The van der Waals surface area contributed by atoms with Crippen molar-refractivity contribution in [3.05, 3.63) is 41.4 Å². The third-order valence-electron chi connectivity index (χ3n) is 2.59. The van der Waals surface area contributed by atoms with E-state index >= 15 is 0 Å². The van der Waals surface area contributed by atoms with Gasteiger partial charge in [-0.05, 0) is 12.1 Å². The van der Waals surface area contributed by atoms with E-state index in [1.54, 1.807) is 12.1 Å². The average Bonchev–Trinajstić information content (AvgIpc) is 2.67. The smallest absolute Gasteiger partial charge is 0.537 e. The van der Waals surface area contributed by atoms with Gasteiger partial charge in [-0.1, -0.05) is 29.8 Å². The molecule has 83 valence electrons. The van der Waals surface area contributed by atoms with Crippen molar-refractivity contribution in [2.45, 2.75) is 0 Å². The second-order valence-electron chi connectivity index (χ2n) is 3.60. The summed E-state index contributed by atoms with van der Waals surface area (Å²) in [7, 11) is 0.611. The number of hydrogen-bond donors (Lipinski definition) is 1. The molecule has 0 aliphatic rings. The Balaban J connectivity index is 2.36. The third-order valence-corrected chi connectivity index (χ3v) is 2.89. The van der Waals surface area contributed by atoms with Gasteiger partial charge in [0, 0.05) is 16.8 Å². The van der Waals surface area contributed by atoms with E-state index in [1.165, 1.54) is 0 Å². The molecule has 0 aliphatic heterocycles. The Hall–Kier alpha value is -1.65. The minimum Gasteiger partial charge on any atom is -0.537 e. The number of rotatable bonds is 2. The highest BCUT2D eigenvalue weighted by atomic mass is 35.5. The fourth-order valence-electron chi connectivity index (χ4n) is 1.91. The van der Waals surface area contributed by atoms with Crippen LogP contribution in [0.25, 0.3) is 21.9 Å². The van der Waals surface area contributed by atoms with Gasteiger partial charge in [0.15, 0.2) is 0 Å². The van der Waals surface area contributed by atoms with Gasteiger partial charge in [-0.2, -0.15) is 0 Å². The molecule has 0 bridgehead atoms. The standard InChI is InChI=1S/C12H7BClO3/c14-9-5-7(17-13-15)6-11-12(9)8-3-1-2-4-10(8)16-11/h1-6,15H. The largest absolute Gasteiger partial charge is 0.569 e. The molecule has 0 atom stereocenters. The van der Waals surface area contributed by atoms with Crippen molar-refractivity contribution in [2.24, 2.45) is 0 Å². The lowest BCUT2D eigenvalue weighted by Crippen LogP contribution is -1.99. The van der Waals surface area contributed by atoms with Crippen LogP contribution in [0.2, 0.25) is 5.02 Å². The lowest BCUT2D eigenvalue weighted by atomic mass is 10.1. The number of halogens is 1. The van der Waals surface area contributed by atoms with Crippen LogP contribution in [-0.4, -0.2) is 12.7 Å². The van der Waals surface area contributed by atoms with E-state index in [1.807, 2.05) is 24.3 Å². The lowest BCUT2D eigenvalue weighted by Gasteiger charge is -2.02. The first kappa shape index (κ1) is 10.5. The first-order chi connectivity index (χ1) is 8.29. The summed E-state index contributed by atoms with van der Waals surface area (Å²) < 4.78 is 10.5. The van der Waals surface area contributed by atoms with E-state index < -0.39 is 0 Å². The summed E-state index contributed by atoms with van der Waals surface area (Å²) in [6.45, 7) is 0. The van der Waals surface area contributed by atoms with Gasteiger partial charge < -0.3 is 14.1 Å². The van der Waals surface area contributed by atoms with Gasteiger partial charge in [0.2, 0.25) is 0 Å². The lowest BCUT2D eigenvalue weighted by molar-refractivity contribution is 0.453. The molecule has 0 spiro atoms. The zero-order valence-corrected chi connectivity index (χ0v) is 9.44. The van der Waals surface area contributed by atoms with Crippen molar-refractivity contribution < 1.29 is 14.1 Å². The highest BCUT2D eigenvalue weighted by Crippen LogP contribution is 2.36. The van der Waals surface area contributed by atoms with Gasteiger partial charge in [0.25, 0.3) is 0 Å². The highest BCUT2D eigenvalue weighted by molar-refractivity contribution is 6.38. The van der Waals surface area contributed by atoms with Crippen molar-refractivity contribution in [2.75, 3.05) is 0 Å². The number of benzene rings is 2. The van der Waals surface area contributed by atoms with Crippen LogP contribution in [0.4, 0.5) is 0 Å². The van der Waals surface area contributed by atoms with E-state index in [-0.39, 0.29) is 0 Å². The third kappa shape index (κ3) is 1.66. The zero-order valence-electron chi connectivity index (χ0n) is 8.68. The number of para-hydroxylation sites is 1. The van der Waals surface area contributed by atoms with Gasteiger partial charge in [0.05, 0.1) is 5.02 Å². The van der Waals surface area contributed by atoms with Crippen LogP contribution >= 0.6 is 11.6 Å². The number of fused-ring (bicyclic) bond motifs is 3. The molecular weight excluding hydrogens is 238 g/mol. The molecule has 0 fully saturated rings. The molecule has 1 radical (unpaired) electrons. The molecular formula is C12H7BClO3. The van der Waals surface area contributed by atoms with E-state index in [0.29, 0.717) is 24.0 Å². The predicted molar refractivity (Wildman–Crippen MR) is 67.3 cm³/mol. The Morgan fingerprint density at radius 2 is 2.00 bits per heavy atom. The second-order valence-corrected chi connectivity index (χ2v) is 4.01. The monoisotopic (exact) mass is 245 g/mol. The number of furan rings is 1. The highest BCUT2D eigenvalue weighted by Gasteiger charge is 2.11. The quantitative estimate of drug-likeness (QED) is 0.705.